The number of H-pyrrole nitrogens is 1. The molecule has 0 aliphatic carbocycles. The molecular formula is C36H52N2O4. The molecule has 2 aromatic carbocycles. The van der Waals surface area contributed by atoms with Crippen LogP contribution < -0.4 is 10.1 Å². The van der Waals surface area contributed by atoms with E-state index >= 15 is 0 Å². The van der Waals surface area contributed by atoms with Crippen molar-refractivity contribution in [3.63, 3.8) is 0 Å². The maximum Gasteiger partial charge on any atom is 0.512 e. The lowest BCUT2D eigenvalue weighted by atomic mass is 9.97. The summed E-state index contributed by atoms with van der Waals surface area (Å²) in [7, 11) is 0. The second kappa shape index (κ2) is 19.8. The lowest BCUT2D eigenvalue weighted by Crippen LogP contribution is -2.29. The number of aromatic amines is 1. The van der Waals surface area contributed by atoms with E-state index in [-0.39, 0.29) is 17.8 Å². The van der Waals surface area contributed by atoms with E-state index in [0.717, 1.165) is 35.7 Å². The van der Waals surface area contributed by atoms with Crippen LogP contribution in [-0.4, -0.2) is 22.2 Å². The van der Waals surface area contributed by atoms with Gasteiger partial charge in [-0.3, -0.25) is 4.79 Å². The van der Waals surface area contributed by atoms with Crippen LogP contribution in [0.15, 0.2) is 54.6 Å². The summed E-state index contributed by atoms with van der Waals surface area (Å²) < 4.78 is 5.16. The first-order valence-corrected chi connectivity index (χ1v) is 16.4. The average molecular weight is 577 g/mol. The van der Waals surface area contributed by atoms with Crippen LogP contribution in [0.2, 0.25) is 0 Å². The van der Waals surface area contributed by atoms with Crippen LogP contribution in [0.1, 0.15) is 133 Å². The van der Waals surface area contributed by atoms with Crippen LogP contribution in [0.5, 0.6) is 5.88 Å². The van der Waals surface area contributed by atoms with Gasteiger partial charge < -0.3 is 20.1 Å². The Morgan fingerprint density at radius 3 is 1.90 bits per heavy atom. The number of rotatable bonds is 22. The van der Waals surface area contributed by atoms with Crippen molar-refractivity contribution < 1.29 is 19.4 Å². The summed E-state index contributed by atoms with van der Waals surface area (Å²) in [5.74, 6) is 0.148. The van der Waals surface area contributed by atoms with Gasteiger partial charge in [0.2, 0.25) is 11.8 Å². The predicted molar refractivity (Wildman–Crippen MR) is 172 cm³/mol. The molecule has 0 saturated heterocycles. The lowest BCUT2D eigenvalue weighted by molar-refractivity contribution is -0.121. The number of ether oxygens (including phenoxy) is 1. The Bertz CT molecular complexity index is 1170. The topological polar surface area (TPSA) is 91.4 Å². The lowest BCUT2D eigenvalue weighted by Gasteiger charge is -2.20. The van der Waals surface area contributed by atoms with E-state index in [1.54, 1.807) is 0 Å². The van der Waals surface area contributed by atoms with Gasteiger partial charge in [-0.25, -0.2) is 4.79 Å². The number of aryl methyl sites for hydroxylation is 1. The minimum absolute atomic E-state index is 0.0450. The third kappa shape index (κ3) is 12.3. The number of hydrogen-bond acceptors (Lipinski definition) is 3. The number of carbonyl (C=O) groups is 2. The number of nitrogens with one attached hydrogen (secondary N) is 2. The normalized spacial score (nSPS) is 11.9. The summed E-state index contributed by atoms with van der Waals surface area (Å²) in [6.45, 7) is 2.27. The number of carboxylic acid groups (broad SMARTS) is 1. The zero-order valence-corrected chi connectivity index (χ0v) is 25.7. The first-order chi connectivity index (χ1) is 20.6. The molecule has 1 heterocycles. The van der Waals surface area contributed by atoms with Crippen molar-refractivity contribution in [2.45, 2.75) is 129 Å². The van der Waals surface area contributed by atoms with Gasteiger partial charge in [0.05, 0.1) is 6.04 Å². The van der Waals surface area contributed by atoms with E-state index in [9.17, 15) is 14.7 Å². The Balaban J connectivity index is 1.47. The van der Waals surface area contributed by atoms with E-state index in [1.807, 2.05) is 54.6 Å². The quantitative estimate of drug-likeness (QED) is 0.0819. The van der Waals surface area contributed by atoms with Gasteiger partial charge >= 0.3 is 6.16 Å². The minimum Gasteiger partial charge on any atom is -0.449 e. The molecule has 1 unspecified atom stereocenters. The van der Waals surface area contributed by atoms with E-state index in [0.29, 0.717) is 18.4 Å². The van der Waals surface area contributed by atoms with Gasteiger partial charge in [0.1, 0.15) is 0 Å². The largest absolute Gasteiger partial charge is 0.512 e. The summed E-state index contributed by atoms with van der Waals surface area (Å²) in [6, 6.07) is 17.3. The fourth-order valence-corrected chi connectivity index (χ4v) is 5.83. The van der Waals surface area contributed by atoms with Gasteiger partial charge in [-0.1, -0.05) is 152 Å². The van der Waals surface area contributed by atoms with Crippen LogP contribution in [0.4, 0.5) is 4.79 Å². The SMILES string of the molecule is CCCCCCCCCCCCCCCCCC(NC(=O)CCc1ccccc1)c1c(OC(=O)O)[nH]c2ccccc12. The van der Waals surface area contributed by atoms with Crippen molar-refractivity contribution in [3.8, 4) is 5.88 Å². The van der Waals surface area contributed by atoms with Crippen molar-refractivity contribution in [2.75, 3.05) is 0 Å². The summed E-state index contributed by atoms with van der Waals surface area (Å²) in [5.41, 5.74) is 2.63. The molecule has 1 atom stereocenters. The molecule has 1 amide bonds. The Morgan fingerprint density at radius 1 is 0.762 bits per heavy atom. The van der Waals surface area contributed by atoms with E-state index in [1.165, 1.54) is 83.5 Å². The second-order valence-electron chi connectivity index (χ2n) is 11.6. The van der Waals surface area contributed by atoms with E-state index in [2.05, 4.69) is 17.2 Å². The molecule has 0 saturated carbocycles. The van der Waals surface area contributed by atoms with Gasteiger partial charge in [-0.05, 0) is 24.5 Å². The Hall–Kier alpha value is -3.28. The summed E-state index contributed by atoms with van der Waals surface area (Å²) in [4.78, 5) is 27.7. The van der Waals surface area contributed by atoms with Gasteiger partial charge in [-0.2, -0.15) is 0 Å². The molecule has 0 aliphatic heterocycles. The van der Waals surface area contributed by atoms with Gasteiger partial charge in [0, 0.05) is 22.9 Å². The number of carbonyl (C=O) groups excluding carboxylic acids is 1. The van der Waals surface area contributed by atoms with E-state index < -0.39 is 6.16 Å². The molecule has 0 spiro atoms. The number of para-hydroxylation sites is 1. The van der Waals surface area contributed by atoms with Gasteiger partial charge in [-0.15, -0.1) is 0 Å². The van der Waals surface area contributed by atoms with Crippen molar-refractivity contribution in [1.82, 2.24) is 10.3 Å². The first kappa shape index (κ1) is 33.2. The van der Waals surface area contributed by atoms with Gasteiger partial charge in [0.25, 0.3) is 0 Å². The second-order valence-corrected chi connectivity index (χ2v) is 11.6. The number of amides is 1. The highest BCUT2D eigenvalue weighted by Gasteiger charge is 2.25. The fraction of sp³-hybridized carbons (Fsp3) is 0.556. The highest BCUT2D eigenvalue weighted by molar-refractivity contribution is 5.88. The molecule has 3 rings (SSSR count). The summed E-state index contributed by atoms with van der Waals surface area (Å²) in [6.07, 6.45) is 19.8. The molecule has 6 nitrogen and oxygen atoms in total. The maximum atomic E-state index is 13.1. The Morgan fingerprint density at radius 2 is 1.31 bits per heavy atom. The number of fused-ring (bicyclic) bond motifs is 1. The molecule has 42 heavy (non-hydrogen) atoms. The van der Waals surface area contributed by atoms with Crippen molar-refractivity contribution in [3.05, 3.63) is 65.7 Å². The van der Waals surface area contributed by atoms with Crippen LogP contribution in [0.3, 0.4) is 0 Å². The van der Waals surface area contributed by atoms with Crippen molar-refractivity contribution in [1.29, 1.82) is 0 Å². The number of unbranched alkanes of at least 4 members (excludes halogenated alkanes) is 14. The Kier molecular flexibility index (Phi) is 15.6. The van der Waals surface area contributed by atoms with Crippen molar-refractivity contribution >= 4 is 23.0 Å². The maximum absolute atomic E-state index is 13.1. The summed E-state index contributed by atoms with van der Waals surface area (Å²) in [5, 5.41) is 13.5. The zero-order valence-electron chi connectivity index (χ0n) is 25.7. The van der Waals surface area contributed by atoms with Crippen LogP contribution in [0.25, 0.3) is 10.9 Å². The minimum atomic E-state index is -1.37. The molecule has 0 aliphatic rings. The third-order valence-electron chi connectivity index (χ3n) is 8.16. The number of hydrogen-bond donors (Lipinski definition) is 3. The average Bonchev–Trinajstić information content (AvgIpc) is 3.35. The molecule has 230 valence electrons. The fourth-order valence-electron chi connectivity index (χ4n) is 5.83. The molecule has 6 heteroatoms. The molecule has 3 aromatic rings. The Labute approximate surface area is 252 Å². The molecule has 3 N–H and O–H groups in total. The monoisotopic (exact) mass is 576 g/mol. The molecule has 1 aromatic heterocycles. The molecule has 0 radical (unpaired) electrons. The predicted octanol–water partition coefficient (Wildman–Crippen LogP) is 10.3. The summed E-state index contributed by atoms with van der Waals surface area (Å²) >= 11 is 0. The zero-order chi connectivity index (χ0) is 29.8. The van der Waals surface area contributed by atoms with E-state index in [4.69, 9.17) is 4.74 Å². The molecule has 0 bridgehead atoms. The van der Waals surface area contributed by atoms with Crippen LogP contribution in [-0.2, 0) is 11.2 Å². The highest BCUT2D eigenvalue weighted by Crippen LogP contribution is 2.36. The van der Waals surface area contributed by atoms with Crippen LogP contribution >= 0.6 is 0 Å². The smallest absolute Gasteiger partial charge is 0.449 e. The molecule has 0 fully saturated rings. The van der Waals surface area contributed by atoms with Gasteiger partial charge in [0.15, 0.2) is 0 Å². The first-order valence-electron chi connectivity index (χ1n) is 16.4. The highest BCUT2D eigenvalue weighted by atomic mass is 16.7. The molecular weight excluding hydrogens is 524 g/mol. The number of benzene rings is 2. The third-order valence-corrected chi connectivity index (χ3v) is 8.16. The van der Waals surface area contributed by atoms with Crippen LogP contribution in [0, 0.1) is 0 Å². The van der Waals surface area contributed by atoms with Crippen molar-refractivity contribution in [2.24, 2.45) is 0 Å². The standard InChI is InChI=1S/C36H52N2O4/c1-2-3-4-5-6-7-8-9-10-11-12-13-14-15-19-26-32(37-33(39)28-27-29-22-17-16-18-23-29)34-30-24-20-21-25-31(30)38-35(34)42-36(40)41/h16-18,20-25,32,38H,2-15,19,26-28H2,1H3,(H,37,39)(H,40,41). The number of aromatic nitrogens is 1.